The van der Waals surface area contributed by atoms with Crippen molar-refractivity contribution in [2.24, 2.45) is 28.6 Å². The number of Topliss-reactive ketones (excluding diaryl/α,β-unsaturated/α-hetero) is 1. The van der Waals surface area contributed by atoms with Crippen molar-refractivity contribution >= 4 is 5.78 Å². The Labute approximate surface area is 85.6 Å². The molecule has 0 aliphatic heterocycles. The molecule has 4 atom stereocenters. The number of allylic oxidation sites excluding steroid dienone is 1. The van der Waals surface area contributed by atoms with Gasteiger partial charge in [-0.05, 0) is 35.5 Å². The zero-order chi connectivity index (χ0) is 10.1. The molecule has 3 saturated carbocycles. The number of fused-ring (bicyclic) bond motifs is 1. The van der Waals surface area contributed by atoms with Crippen molar-refractivity contribution in [2.75, 3.05) is 0 Å². The van der Waals surface area contributed by atoms with Gasteiger partial charge in [0, 0.05) is 12.3 Å². The molecule has 3 aliphatic carbocycles. The Morgan fingerprint density at radius 2 is 2.21 bits per heavy atom. The summed E-state index contributed by atoms with van der Waals surface area (Å²) in [6.45, 7) is 8.53. The Morgan fingerprint density at radius 1 is 1.50 bits per heavy atom. The average molecular weight is 190 g/mol. The third-order valence-corrected chi connectivity index (χ3v) is 4.89. The van der Waals surface area contributed by atoms with E-state index in [2.05, 4.69) is 20.4 Å². The van der Waals surface area contributed by atoms with Crippen molar-refractivity contribution in [3.8, 4) is 0 Å². The van der Waals surface area contributed by atoms with Crippen LogP contribution < -0.4 is 0 Å². The zero-order valence-electron chi connectivity index (χ0n) is 9.05. The Hall–Kier alpha value is -0.590. The largest absolute Gasteiger partial charge is 0.299 e. The van der Waals surface area contributed by atoms with E-state index < -0.39 is 0 Å². The summed E-state index contributed by atoms with van der Waals surface area (Å²) < 4.78 is 0. The monoisotopic (exact) mass is 190 g/mol. The second-order valence-corrected chi connectivity index (χ2v) is 6.24. The van der Waals surface area contributed by atoms with Crippen LogP contribution in [0.1, 0.15) is 33.1 Å². The first-order chi connectivity index (χ1) is 6.52. The van der Waals surface area contributed by atoms with Crippen LogP contribution in [-0.2, 0) is 4.79 Å². The van der Waals surface area contributed by atoms with Gasteiger partial charge in [0.15, 0.2) is 0 Å². The molecule has 14 heavy (non-hydrogen) atoms. The Balaban J connectivity index is 2.01. The fourth-order valence-corrected chi connectivity index (χ4v) is 4.80. The van der Waals surface area contributed by atoms with Gasteiger partial charge in [-0.25, -0.2) is 0 Å². The zero-order valence-corrected chi connectivity index (χ0v) is 9.05. The maximum Gasteiger partial charge on any atom is 0.137 e. The van der Waals surface area contributed by atoms with E-state index in [0.29, 0.717) is 28.4 Å². The lowest BCUT2D eigenvalue weighted by Crippen LogP contribution is -2.20. The normalized spacial score (nSPS) is 51.9. The maximum absolute atomic E-state index is 11.8. The molecule has 76 valence electrons. The molecular formula is C13H18O. The van der Waals surface area contributed by atoms with Crippen LogP contribution in [-0.4, -0.2) is 5.78 Å². The average Bonchev–Trinajstić information content (AvgIpc) is 2.67. The molecule has 0 bridgehead atoms. The molecule has 0 heterocycles. The highest BCUT2D eigenvalue weighted by Gasteiger charge is 2.77. The summed E-state index contributed by atoms with van der Waals surface area (Å²) in [6.07, 6.45) is 5.16. The topological polar surface area (TPSA) is 17.1 Å². The lowest BCUT2D eigenvalue weighted by Gasteiger charge is -2.29. The van der Waals surface area contributed by atoms with Crippen LogP contribution in [0.4, 0.5) is 0 Å². The summed E-state index contributed by atoms with van der Waals surface area (Å²) in [5.74, 6) is 2.43. The molecule has 3 fully saturated rings. The first kappa shape index (κ1) is 8.70. The molecular weight excluding hydrogens is 172 g/mol. The van der Waals surface area contributed by atoms with E-state index in [1.165, 1.54) is 6.42 Å². The second kappa shape index (κ2) is 2.15. The van der Waals surface area contributed by atoms with Gasteiger partial charge in [-0.2, -0.15) is 0 Å². The first-order valence-corrected chi connectivity index (χ1v) is 5.65. The van der Waals surface area contributed by atoms with Crippen LogP contribution >= 0.6 is 0 Å². The summed E-state index contributed by atoms with van der Waals surface area (Å²) in [5.41, 5.74) is 0.738. The number of hydrogen-bond acceptors (Lipinski definition) is 1. The van der Waals surface area contributed by atoms with Gasteiger partial charge in [0.05, 0.1) is 0 Å². The second-order valence-electron chi connectivity index (χ2n) is 6.24. The third-order valence-electron chi connectivity index (χ3n) is 4.89. The summed E-state index contributed by atoms with van der Waals surface area (Å²) >= 11 is 0. The molecule has 0 aromatic carbocycles. The molecule has 3 rings (SSSR count). The van der Waals surface area contributed by atoms with Crippen molar-refractivity contribution < 1.29 is 4.79 Å². The molecule has 0 N–H and O–H groups in total. The highest BCUT2D eigenvalue weighted by atomic mass is 16.1. The van der Waals surface area contributed by atoms with Crippen molar-refractivity contribution in [1.82, 2.24) is 0 Å². The fraction of sp³-hybridized carbons (Fsp3) is 0.769. The van der Waals surface area contributed by atoms with E-state index in [1.807, 2.05) is 6.08 Å². The van der Waals surface area contributed by atoms with Crippen molar-refractivity contribution in [1.29, 1.82) is 0 Å². The number of hydrogen-bond donors (Lipinski definition) is 0. The SMILES string of the molecule is C=CC[C@@]12CC(=O)[C@H]3[C@H]([C@@H]31)C(C)(C)C2. The molecule has 3 aliphatic rings. The smallest absolute Gasteiger partial charge is 0.137 e. The molecule has 0 radical (unpaired) electrons. The van der Waals surface area contributed by atoms with E-state index in [9.17, 15) is 4.79 Å². The summed E-state index contributed by atoms with van der Waals surface area (Å²) in [4.78, 5) is 11.8. The van der Waals surface area contributed by atoms with Gasteiger partial charge in [0.2, 0.25) is 0 Å². The summed E-state index contributed by atoms with van der Waals surface area (Å²) in [5, 5.41) is 0. The molecule has 0 amide bonds. The fourth-order valence-electron chi connectivity index (χ4n) is 4.80. The first-order valence-electron chi connectivity index (χ1n) is 5.65. The highest BCUT2D eigenvalue weighted by Crippen LogP contribution is 2.79. The van der Waals surface area contributed by atoms with Gasteiger partial charge in [-0.1, -0.05) is 19.9 Å². The van der Waals surface area contributed by atoms with Gasteiger partial charge < -0.3 is 0 Å². The van der Waals surface area contributed by atoms with E-state index in [4.69, 9.17) is 0 Å². The maximum atomic E-state index is 11.8. The van der Waals surface area contributed by atoms with Crippen LogP contribution in [0.15, 0.2) is 12.7 Å². The molecule has 1 nitrogen and oxygen atoms in total. The van der Waals surface area contributed by atoms with Gasteiger partial charge in [-0.3, -0.25) is 4.79 Å². The quantitative estimate of drug-likeness (QED) is 0.612. The Morgan fingerprint density at radius 3 is 2.79 bits per heavy atom. The standard InChI is InChI=1S/C13H18O/c1-4-5-13-6-8(14)9-10(11(9)13)12(2,3)7-13/h4,9-11H,1,5-7H2,2-3H3/t9-,10+,11+,13-/m0/s1. The number of rotatable bonds is 2. The minimum absolute atomic E-state index is 0.331. The molecule has 1 heteroatoms. The summed E-state index contributed by atoms with van der Waals surface area (Å²) in [7, 11) is 0. The van der Waals surface area contributed by atoms with Crippen LogP contribution in [0.2, 0.25) is 0 Å². The minimum Gasteiger partial charge on any atom is -0.299 e. The molecule has 0 unspecified atom stereocenters. The molecule has 0 aromatic heterocycles. The van der Waals surface area contributed by atoms with E-state index >= 15 is 0 Å². The predicted octanol–water partition coefficient (Wildman–Crippen LogP) is 2.81. The van der Waals surface area contributed by atoms with Gasteiger partial charge in [-0.15, -0.1) is 6.58 Å². The van der Waals surface area contributed by atoms with Crippen LogP contribution in [0.25, 0.3) is 0 Å². The molecule has 0 saturated heterocycles. The van der Waals surface area contributed by atoms with Crippen molar-refractivity contribution in [3.63, 3.8) is 0 Å². The summed E-state index contributed by atoms with van der Waals surface area (Å²) in [6, 6.07) is 0. The Kier molecular flexibility index (Phi) is 1.34. The number of carbonyl (C=O) groups excluding carboxylic acids is 1. The van der Waals surface area contributed by atoms with E-state index in [-0.39, 0.29) is 0 Å². The van der Waals surface area contributed by atoms with Crippen molar-refractivity contribution in [2.45, 2.75) is 33.1 Å². The van der Waals surface area contributed by atoms with Gasteiger partial charge in [0.25, 0.3) is 0 Å². The Bertz CT molecular complexity index is 328. The van der Waals surface area contributed by atoms with Crippen molar-refractivity contribution in [3.05, 3.63) is 12.7 Å². The van der Waals surface area contributed by atoms with Crippen LogP contribution in [0, 0.1) is 28.6 Å². The lowest BCUT2D eigenvalue weighted by atomic mass is 9.75. The van der Waals surface area contributed by atoms with E-state index in [1.54, 1.807) is 0 Å². The predicted molar refractivity (Wildman–Crippen MR) is 55.7 cm³/mol. The lowest BCUT2D eigenvalue weighted by molar-refractivity contribution is -0.120. The van der Waals surface area contributed by atoms with Gasteiger partial charge >= 0.3 is 0 Å². The van der Waals surface area contributed by atoms with Crippen LogP contribution in [0.3, 0.4) is 0 Å². The molecule has 0 spiro atoms. The molecule has 0 aromatic rings. The highest BCUT2D eigenvalue weighted by molar-refractivity contribution is 5.89. The number of carbonyl (C=O) groups is 1. The van der Waals surface area contributed by atoms with Crippen LogP contribution in [0.5, 0.6) is 0 Å². The van der Waals surface area contributed by atoms with E-state index in [0.717, 1.165) is 18.8 Å². The van der Waals surface area contributed by atoms with Gasteiger partial charge in [0.1, 0.15) is 5.78 Å². The number of ketones is 1. The third kappa shape index (κ3) is 0.757. The minimum atomic E-state index is 0.331.